The van der Waals surface area contributed by atoms with E-state index in [2.05, 4.69) is 20.9 Å². The Hall–Kier alpha value is -3.38. The number of aryl methyl sites for hydroxylation is 1. The van der Waals surface area contributed by atoms with Crippen molar-refractivity contribution >= 4 is 46.2 Å². The minimum Gasteiger partial charge on any atom is -0.354 e. The lowest BCUT2D eigenvalue weighted by atomic mass is 10.2. The fourth-order valence-electron chi connectivity index (χ4n) is 2.51. The van der Waals surface area contributed by atoms with E-state index in [0.717, 1.165) is 16.9 Å². The first-order valence-corrected chi connectivity index (χ1v) is 8.97. The normalized spacial score (nSPS) is 10.2. The molecular weight excluding hydrogens is 376 g/mol. The number of hydrogen-bond donors (Lipinski definition) is 3. The van der Waals surface area contributed by atoms with Gasteiger partial charge >= 0.3 is 0 Å². The third-order valence-electron chi connectivity index (χ3n) is 3.90. The Labute approximate surface area is 168 Å². The zero-order chi connectivity index (χ0) is 20.1. The number of nitrogens with one attached hydrogen (secondary N) is 3. The maximum absolute atomic E-state index is 12.4. The molecule has 142 valence electrons. The van der Waals surface area contributed by atoms with Crippen LogP contribution in [-0.2, 0) is 4.79 Å². The number of carbonyl (C=O) groups is 2. The van der Waals surface area contributed by atoms with Gasteiger partial charge in [0.15, 0.2) is 0 Å². The van der Waals surface area contributed by atoms with Gasteiger partial charge < -0.3 is 16.0 Å². The largest absolute Gasteiger partial charge is 0.354 e. The van der Waals surface area contributed by atoms with Gasteiger partial charge in [0.05, 0.1) is 11.9 Å². The maximum Gasteiger partial charge on any atom is 0.274 e. The summed E-state index contributed by atoms with van der Waals surface area (Å²) in [5.74, 6) is -0.520. The summed E-state index contributed by atoms with van der Waals surface area (Å²) in [5, 5.41) is 9.31. The number of rotatable bonds is 5. The number of anilines is 4. The molecule has 28 heavy (non-hydrogen) atoms. The van der Waals surface area contributed by atoms with Crippen LogP contribution in [0.3, 0.4) is 0 Å². The van der Waals surface area contributed by atoms with E-state index < -0.39 is 0 Å². The molecule has 0 fully saturated rings. The summed E-state index contributed by atoms with van der Waals surface area (Å²) in [4.78, 5) is 27.7. The molecule has 1 aromatic heterocycles. The van der Waals surface area contributed by atoms with Crippen molar-refractivity contribution in [2.45, 2.75) is 13.8 Å². The van der Waals surface area contributed by atoms with Crippen molar-refractivity contribution in [3.8, 4) is 0 Å². The molecule has 0 saturated heterocycles. The molecule has 7 heteroatoms. The molecule has 1 heterocycles. The smallest absolute Gasteiger partial charge is 0.274 e. The van der Waals surface area contributed by atoms with E-state index in [4.69, 9.17) is 11.6 Å². The second-order valence-corrected chi connectivity index (χ2v) is 6.64. The zero-order valence-corrected chi connectivity index (χ0v) is 16.2. The molecular formula is C21H19ClN4O2. The Kier molecular flexibility index (Phi) is 5.91. The number of aromatic nitrogens is 1. The van der Waals surface area contributed by atoms with Crippen LogP contribution in [0.5, 0.6) is 0 Å². The van der Waals surface area contributed by atoms with Gasteiger partial charge in [-0.05, 0) is 55.0 Å². The lowest BCUT2D eigenvalue weighted by molar-refractivity contribution is -0.114. The van der Waals surface area contributed by atoms with Crippen molar-refractivity contribution in [3.63, 3.8) is 0 Å². The molecule has 0 atom stereocenters. The summed E-state index contributed by atoms with van der Waals surface area (Å²) < 4.78 is 0. The molecule has 6 nitrogen and oxygen atoms in total. The minimum atomic E-state index is -0.343. The van der Waals surface area contributed by atoms with Crippen molar-refractivity contribution in [2.75, 3.05) is 16.0 Å². The molecule has 0 aliphatic heterocycles. The Balaban J connectivity index is 1.66. The van der Waals surface area contributed by atoms with Gasteiger partial charge in [-0.3, -0.25) is 9.59 Å². The number of halogens is 1. The summed E-state index contributed by atoms with van der Waals surface area (Å²) in [6, 6.07) is 16.0. The third kappa shape index (κ3) is 5.08. The standard InChI is InChI=1S/C21H19ClN4O2/c1-13-6-7-17(11-19(13)22)25-18-8-9-20(23-12-18)21(28)26-16-5-3-4-15(10-16)24-14(2)27/h3-12,25H,1-2H3,(H,24,27)(H,26,28). The third-order valence-corrected chi connectivity index (χ3v) is 4.30. The fraction of sp³-hybridized carbons (Fsp3) is 0.0952. The van der Waals surface area contributed by atoms with Gasteiger partial charge in [0, 0.05) is 29.0 Å². The van der Waals surface area contributed by atoms with Crippen LogP contribution >= 0.6 is 11.6 Å². The van der Waals surface area contributed by atoms with Crippen LogP contribution in [0.1, 0.15) is 23.0 Å². The molecule has 0 aliphatic rings. The molecule has 0 unspecified atom stereocenters. The van der Waals surface area contributed by atoms with E-state index in [1.54, 1.807) is 42.6 Å². The molecule has 3 N–H and O–H groups in total. The molecule has 3 aromatic rings. The minimum absolute atomic E-state index is 0.178. The van der Waals surface area contributed by atoms with Crippen LogP contribution < -0.4 is 16.0 Å². The Morgan fingerprint density at radius 2 is 1.61 bits per heavy atom. The topological polar surface area (TPSA) is 83.1 Å². The monoisotopic (exact) mass is 394 g/mol. The van der Waals surface area contributed by atoms with Crippen LogP contribution in [0, 0.1) is 6.92 Å². The van der Waals surface area contributed by atoms with Crippen LogP contribution in [0.2, 0.25) is 5.02 Å². The van der Waals surface area contributed by atoms with Gasteiger partial charge in [-0.25, -0.2) is 4.98 Å². The summed E-state index contributed by atoms with van der Waals surface area (Å²) in [6.07, 6.45) is 1.58. The average Bonchev–Trinajstić information content (AvgIpc) is 2.65. The SMILES string of the molecule is CC(=O)Nc1cccc(NC(=O)c2ccc(Nc3ccc(C)c(Cl)c3)cn2)c1. The molecule has 0 spiro atoms. The van der Waals surface area contributed by atoms with Gasteiger partial charge in [-0.2, -0.15) is 0 Å². The van der Waals surface area contributed by atoms with E-state index >= 15 is 0 Å². The molecule has 2 amide bonds. The summed E-state index contributed by atoms with van der Waals surface area (Å²) in [6.45, 7) is 3.36. The Morgan fingerprint density at radius 1 is 0.893 bits per heavy atom. The highest BCUT2D eigenvalue weighted by molar-refractivity contribution is 6.31. The summed E-state index contributed by atoms with van der Waals surface area (Å²) >= 11 is 6.13. The molecule has 0 bridgehead atoms. The summed E-state index contributed by atoms with van der Waals surface area (Å²) in [5.41, 5.74) is 4.02. The van der Waals surface area contributed by atoms with E-state index in [1.165, 1.54) is 6.92 Å². The highest BCUT2D eigenvalue weighted by atomic mass is 35.5. The highest BCUT2D eigenvalue weighted by Gasteiger charge is 2.09. The fourth-order valence-corrected chi connectivity index (χ4v) is 2.69. The molecule has 0 aliphatic carbocycles. The number of nitrogens with zero attached hydrogens (tertiary/aromatic N) is 1. The van der Waals surface area contributed by atoms with Crippen molar-refractivity contribution in [1.82, 2.24) is 4.98 Å². The first-order chi connectivity index (χ1) is 13.4. The Bertz CT molecular complexity index is 1020. The Morgan fingerprint density at radius 3 is 2.25 bits per heavy atom. The molecule has 2 aromatic carbocycles. The zero-order valence-electron chi connectivity index (χ0n) is 15.4. The number of pyridine rings is 1. The van der Waals surface area contributed by atoms with Crippen molar-refractivity contribution in [1.29, 1.82) is 0 Å². The van der Waals surface area contributed by atoms with Gasteiger partial charge in [0.1, 0.15) is 5.69 Å². The van der Waals surface area contributed by atoms with E-state index in [9.17, 15) is 9.59 Å². The first kappa shape index (κ1) is 19.4. The second kappa shape index (κ2) is 8.54. The van der Waals surface area contributed by atoms with E-state index in [1.807, 2.05) is 25.1 Å². The number of carbonyl (C=O) groups excluding carboxylic acids is 2. The van der Waals surface area contributed by atoms with Crippen molar-refractivity contribution in [2.24, 2.45) is 0 Å². The van der Waals surface area contributed by atoms with Gasteiger partial charge in [0.25, 0.3) is 5.91 Å². The van der Waals surface area contributed by atoms with E-state index in [0.29, 0.717) is 16.4 Å². The van der Waals surface area contributed by atoms with Crippen molar-refractivity contribution < 1.29 is 9.59 Å². The van der Waals surface area contributed by atoms with Gasteiger partial charge in [0.2, 0.25) is 5.91 Å². The predicted octanol–water partition coefficient (Wildman–Crippen LogP) is 5.00. The molecule has 3 rings (SSSR count). The maximum atomic E-state index is 12.4. The average molecular weight is 395 g/mol. The van der Waals surface area contributed by atoms with Crippen LogP contribution in [-0.4, -0.2) is 16.8 Å². The van der Waals surface area contributed by atoms with Gasteiger partial charge in [-0.1, -0.05) is 23.7 Å². The quantitative estimate of drug-likeness (QED) is 0.568. The van der Waals surface area contributed by atoms with Crippen LogP contribution in [0.15, 0.2) is 60.8 Å². The number of amides is 2. The lowest BCUT2D eigenvalue weighted by Gasteiger charge is -2.09. The van der Waals surface area contributed by atoms with Crippen LogP contribution in [0.4, 0.5) is 22.7 Å². The van der Waals surface area contributed by atoms with Crippen molar-refractivity contribution in [3.05, 3.63) is 77.1 Å². The predicted molar refractivity (Wildman–Crippen MR) is 112 cm³/mol. The lowest BCUT2D eigenvalue weighted by Crippen LogP contribution is -2.14. The summed E-state index contributed by atoms with van der Waals surface area (Å²) in [7, 11) is 0. The van der Waals surface area contributed by atoms with Crippen LogP contribution in [0.25, 0.3) is 0 Å². The number of benzene rings is 2. The van der Waals surface area contributed by atoms with Gasteiger partial charge in [-0.15, -0.1) is 0 Å². The number of hydrogen-bond acceptors (Lipinski definition) is 4. The first-order valence-electron chi connectivity index (χ1n) is 8.59. The highest BCUT2D eigenvalue weighted by Crippen LogP contribution is 2.23. The molecule has 0 radical (unpaired) electrons. The second-order valence-electron chi connectivity index (χ2n) is 6.24. The van der Waals surface area contributed by atoms with E-state index in [-0.39, 0.29) is 17.5 Å². The molecule has 0 saturated carbocycles.